The van der Waals surface area contributed by atoms with Crippen LogP contribution >= 0.6 is 11.3 Å². The maximum absolute atomic E-state index is 12.5. The van der Waals surface area contributed by atoms with Gasteiger partial charge in [-0.1, -0.05) is 18.2 Å². The van der Waals surface area contributed by atoms with Crippen LogP contribution in [0.4, 0.5) is 0 Å². The fourth-order valence-electron chi connectivity index (χ4n) is 1.97. The number of ether oxygens (including phenoxy) is 1. The molecule has 2 heterocycles. The first-order valence-corrected chi connectivity index (χ1v) is 6.68. The van der Waals surface area contributed by atoms with Crippen molar-refractivity contribution in [3.8, 4) is 5.75 Å². The topological polar surface area (TPSA) is 39.2 Å². The molecule has 0 aliphatic heterocycles. The molecule has 0 spiro atoms. The van der Waals surface area contributed by atoms with E-state index >= 15 is 0 Å². The summed E-state index contributed by atoms with van der Waals surface area (Å²) >= 11 is 1.38. The molecule has 2 aromatic heterocycles. The number of benzene rings is 1. The van der Waals surface area contributed by atoms with Crippen LogP contribution in [0.15, 0.2) is 48.0 Å². The zero-order valence-corrected chi connectivity index (χ0v) is 11.1. The molecule has 3 aromatic rings. The van der Waals surface area contributed by atoms with Crippen molar-refractivity contribution in [1.82, 2.24) is 4.98 Å². The molecule has 0 aliphatic rings. The number of thiophene rings is 1. The maximum atomic E-state index is 12.5. The van der Waals surface area contributed by atoms with Gasteiger partial charge in [0.05, 0.1) is 17.5 Å². The van der Waals surface area contributed by atoms with Gasteiger partial charge in [0.15, 0.2) is 0 Å². The Morgan fingerprint density at radius 3 is 2.89 bits per heavy atom. The lowest BCUT2D eigenvalue weighted by Crippen LogP contribution is -2.00. The molecule has 0 amide bonds. The Bertz CT molecular complexity index is 743. The van der Waals surface area contributed by atoms with Gasteiger partial charge < -0.3 is 4.74 Å². The lowest BCUT2D eigenvalue weighted by molar-refractivity contribution is 0.104. The smallest absolute Gasteiger partial charge is 0.205 e. The third kappa shape index (κ3) is 2.11. The molecule has 0 atom stereocenters. The molecule has 0 saturated carbocycles. The van der Waals surface area contributed by atoms with Gasteiger partial charge in [0.1, 0.15) is 5.75 Å². The lowest BCUT2D eigenvalue weighted by atomic mass is 10.1. The zero-order valence-electron chi connectivity index (χ0n) is 10.3. The van der Waals surface area contributed by atoms with E-state index in [0.717, 1.165) is 10.9 Å². The number of pyridine rings is 1. The average Bonchev–Trinajstić information content (AvgIpc) is 2.95. The summed E-state index contributed by atoms with van der Waals surface area (Å²) in [6.07, 6.45) is 1.70. The second-order valence-corrected chi connectivity index (χ2v) is 4.97. The molecule has 3 nitrogen and oxygen atoms in total. The first-order valence-electron chi connectivity index (χ1n) is 5.80. The fraction of sp³-hybridized carbons (Fsp3) is 0.0667. The molecule has 4 heteroatoms. The Kier molecular flexibility index (Phi) is 3.01. The second kappa shape index (κ2) is 4.82. The Balaban J connectivity index is 2.11. The summed E-state index contributed by atoms with van der Waals surface area (Å²) in [5.74, 6) is 0.694. The summed E-state index contributed by atoms with van der Waals surface area (Å²) in [4.78, 5) is 17.5. The molecule has 0 unspecified atom stereocenters. The Labute approximate surface area is 114 Å². The second-order valence-electron chi connectivity index (χ2n) is 4.06. The van der Waals surface area contributed by atoms with Gasteiger partial charge in [0, 0.05) is 28.6 Å². The molecule has 0 bridgehead atoms. The van der Waals surface area contributed by atoms with Crippen LogP contribution in [-0.2, 0) is 0 Å². The van der Waals surface area contributed by atoms with Crippen LogP contribution in [0.1, 0.15) is 15.2 Å². The number of carbonyl (C=O) groups excluding carboxylic acids is 1. The number of rotatable bonds is 3. The van der Waals surface area contributed by atoms with Crippen LogP contribution < -0.4 is 4.74 Å². The van der Waals surface area contributed by atoms with E-state index in [1.54, 1.807) is 19.4 Å². The highest BCUT2D eigenvalue weighted by Crippen LogP contribution is 2.26. The minimum atomic E-state index is -0.0161. The van der Waals surface area contributed by atoms with E-state index < -0.39 is 0 Å². The van der Waals surface area contributed by atoms with Crippen LogP contribution in [0.5, 0.6) is 5.75 Å². The molecule has 3 rings (SSSR count). The Hall–Kier alpha value is -2.20. The Morgan fingerprint density at radius 2 is 2.11 bits per heavy atom. The predicted octanol–water partition coefficient (Wildman–Crippen LogP) is 3.54. The molecule has 0 aliphatic carbocycles. The van der Waals surface area contributed by atoms with Gasteiger partial charge in [-0.05, 0) is 12.1 Å². The highest BCUT2D eigenvalue weighted by atomic mass is 32.1. The highest BCUT2D eigenvalue weighted by molar-refractivity contribution is 7.12. The molecule has 0 fully saturated rings. The van der Waals surface area contributed by atoms with Gasteiger partial charge in [-0.2, -0.15) is 0 Å². The SMILES string of the molecule is COc1csc(C(=O)c2cccc3cccnc23)c1. The summed E-state index contributed by atoms with van der Waals surface area (Å²) in [5, 5.41) is 2.79. The van der Waals surface area contributed by atoms with E-state index in [-0.39, 0.29) is 5.78 Å². The number of fused-ring (bicyclic) bond motifs is 1. The van der Waals surface area contributed by atoms with E-state index in [9.17, 15) is 4.79 Å². The van der Waals surface area contributed by atoms with Crippen LogP contribution in [-0.4, -0.2) is 17.9 Å². The number of para-hydroxylation sites is 1. The number of hydrogen-bond acceptors (Lipinski definition) is 4. The van der Waals surface area contributed by atoms with Crippen molar-refractivity contribution in [3.05, 3.63) is 58.4 Å². The van der Waals surface area contributed by atoms with Crippen molar-refractivity contribution in [2.75, 3.05) is 7.11 Å². The standard InChI is InChI=1S/C15H11NO2S/c1-18-11-8-13(19-9-11)15(17)12-6-2-4-10-5-3-7-16-14(10)12/h2-9H,1H3. The summed E-state index contributed by atoms with van der Waals surface area (Å²) in [7, 11) is 1.59. The Morgan fingerprint density at radius 1 is 1.26 bits per heavy atom. The minimum absolute atomic E-state index is 0.0161. The first kappa shape index (κ1) is 11.9. The summed E-state index contributed by atoms with van der Waals surface area (Å²) in [6.45, 7) is 0. The van der Waals surface area contributed by atoms with Crippen molar-refractivity contribution < 1.29 is 9.53 Å². The van der Waals surface area contributed by atoms with Crippen LogP contribution in [0.25, 0.3) is 10.9 Å². The van der Waals surface area contributed by atoms with Gasteiger partial charge >= 0.3 is 0 Å². The van der Waals surface area contributed by atoms with E-state index in [2.05, 4.69) is 4.98 Å². The number of carbonyl (C=O) groups is 1. The van der Waals surface area contributed by atoms with Crippen molar-refractivity contribution >= 4 is 28.0 Å². The van der Waals surface area contributed by atoms with Gasteiger partial charge in [0.25, 0.3) is 0 Å². The molecule has 1 aromatic carbocycles. The van der Waals surface area contributed by atoms with E-state index in [1.165, 1.54) is 11.3 Å². The molecule has 94 valence electrons. The molecule has 0 radical (unpaired) electrons. The number of aromatic nitrogens is 1. The van der Waals surface area contributed by atoms with E-state index in [0.29, 0.717) is 16.2 Å². The monoisotopic (exact) mass is 269 g/mol. The van der Waals surface area contributed by atoms with Gasteiger partial charge in [-0.15, -0.1) is 11.3 Å². The van der Waals surface area contributed by atoms with Crippen molar-refractivity contribution in [2.45, 2.75) is 0 Å². The number of nitrogens with zero attached hydrogens (tertiary/aromatic N) is 1. The summed E-state index contributed by atoms with van der Waals surface area (Å²) < 4.78 is 5.11. The maximum Gasteiger partial charge on any atom is 0.205 e. The summed E-state index contributed by atoms with van der Waals surface area (Å²) in [5.41, 5.74) is 1.37. The van der Waals surface area contributed by atoms with Gasteiger partial charge in [-0.3, -0.25) is 9.78 Å². The van der Waals surface area contributed by atoms with Crippen molar-refractivity contribution in [3.63, 3.8) is 0 Å². The molecule has 19 heavy (non-hydrogen) atoms. The normalized spacial score (nSPS) is 10.6. The largest absolute Gasteiger partial charge is 0.496 e. The number of hydrogen-bond donors (Lipinski definition) is 0. The molecule has 0 N–H and O–H groups in total. The quantitative estimate of drug-likeness (QED) is 0.683. The van der Waals surface area contributed by atoms with Crippen molar-refractivity contribution in [1.29, 1.82) is 0 Å². The number of methoxy groups -OCH3 is 1. The molecule has 0 saturated heterocycles. The van der Waals surface area contributed by atoms with Gasteiger partial charge in [-0.25, -0.2) is 0 Å². The van der Waals surface area contributed by atoms with Crippen LogP contribution in [0.2, 0.25) is 0 Å². The van der Waals surface area contributed by atoms with Crippen LogP contribution in [0, 0.1) is 0 Å². The van der Waals surface area contributed by atoms with Crippen molar-refractivity contribution in [2.24, 2.45) is 0 Å². The average molecular weight is 269 g/mol. The fourth-order valence-corrected chi connectivity index (χ4v) is 2.77. The zero-order chi connectivity index (χ0) is 13.2. The third-order valence-electron chi connectivity index (χ3n) is 2.91. The molecular formula is C15H11NO2S. The predicted molar refractivity (Wildman–Crippen MR) is 76.0 cm³/mol. The molecular weight excluding hydrogens is 258 g/mol. The van der Waals surface area contributed by atoms with Crippen LogP contribution in [0.3, 0.4) is 0 Å². The number of ketones is 1. The van der Waals surface area contributed by atoms with Gasteiger partial charge in [0.2, 0.25) is 5.78 Å². The minimum Gasteiger partial charge on any atom is -0.496 e. The lowest BCUT2D eigenvalue weighted by Gasteiger charge is -2.03. The van der Waals surface area contributed by atoms with E-state index in [1.807, 2.05) is 35.7 Å². The first-order chi connectivity index (χ1) is 9.29. The third-order valence-corrected chi connectivity index (χ3v) is 3.82. The van der Waals surface area contributed by atoms with E-state index in [4.69, 9.17) is 4.74 Å². The summed E-state index contributed by atoms with van der Waals surface area (Å²) in [6, 6.07) is 11.2. The highest BCUT2D eigenvalue weighted by Gasteiger charge is 2.15.